The lowest BCUT2D eigenvalue weighted by Crippen LogP contribution is -2.28. The van der Waals surface area contributed by atoms with Crippen molar-refractivity contribution in [3.05, 3.63) is 0 Å². The molecule has 1 aliphatic carbocycles. The number of nitrogens with one attached hydrogen (secondary N) is 2. The van der Waals surface area contributed by atoms with E-state index in [2.05, 4.69) is 45.5 Å². The smallest absolute Gasteiger partial charge is 0.184 e. The summed E-state index contributed by atoms with van der Waals surface area (Å²) in [6.45, 7) is 0. The predicted octanol–water partition coefficient (Wildman–Crippen LogP) is -0.451. The topological polar surface area (TPSA) is 101 Å². The average molecular weight is 244 g/mol. The van der Waals surface area contributed by atoms with Crippen LogP contribution >= 0.6 is 24.4 Å². The summed E-state index contributed by atoms with van der Waals surface area (Å²) in [4.78, 5) is 0. The summed E-state index contributed by atoms with van der Waals surface area (Å²) in [6, 6.07) is 0. The molecule has 0 spiro atoms. The summed E-state index contributed by atoms with van der Waals surface area (Å²) in [5, 5.41) is 8.33. The molecule has 0 aromatic carbocycles. The Labute approximate surface area is 98.2 Å². The summed E-state index contributed by atoms with van der Waals surface area (Å²) < 4.78 is 0. The fourth-order valence-electron chi connectivity index (χ4n) is 1.20. The maximum Gasteiger partial charge on any atom is 0.184 e. The third-order valence-electron chi connectivity index (χ3n) is 1.76. The minimum absolute atomic E-state index is 0.135. The largest absolute Gasteiger partial charge is 0.375 e. The van der Waals surface area contributed by atoms with E-state index in [0.717, 1.165) is 30.7 Å². The summed E-state index contributed by atoms with van der Waals surface area (Å²) in [7, 11) is 0. The fourth-order valence-corrected chi connectivity index (χ4v) is 1.29. The molecule has 8 heteroatoms. The first-order valence-corrected chi connectivity index (χ1v) is 5.15. The third kappa shape index (κ3) is 4.17. The van der Waals surface area contributed by atoms with E-state index in [1.165, 1.54) is 0 Å². The molecule has 15 heavy (non-hydrogen) atoms. The lowest BCUT2D eigenvalue weighted by atomic mass is 10.3. The van der Waals surface area contributed by atoms with Gasteiger partial charge in [-0.25, -0.2) is 0 Å². The zero-order valence-electron chi connectivity index (χ0n) is 7.99. The lowest BCUT2D eigenvalue weighted by molar-refractivity contribution is 0.950. The first-order chi connectivity index (χ1) is 7.09. The molecule has 0 aromatic heterocycles. The standard InChI is InChI=1S/C7H12N6S2/c8-6(14)12-10-4-2-1-3-5(4)11-13-7(9)15/h1-3H2,(H3,8,12,14)(H3,9,13,15)/b10-4+,11-5+. The van der Waals surface area contributed by atoms with Gasteiger partial charge in [-0.1, -0.05) is 0 Å². The minimum atomic E-state index is 0.135. The number of hydrogen-bond acceptors (Lipinski definition) is 4. The van der Waals surface area contributed by atoms with Crippen molar-refractivity contribution in [1.82, 2.24) is 10.9 Å². The summed E-state index contributed by atoms with van der Waals surface area (Å²) in [5.74, 6) is 0. The maximum absolute atomic E-state index is 5.26. The van der Waals surface area contributed by atoms with Crippen LogP contribution in [-0.4, -0.2) is 21.6 Å². The minimum Gasteiger partial charge on any atom is -0.375 e. The Morgan fingerprint density at radius 2 is 1.40 bits per heavy atom. The highest BCUT2D eigenvalue weighted by molar-refractivity contribution is 7.80. The van der Waals surface area contributed by atoms with E-state index in [1.54, 1.807) is 0 Å². The van der Waals surface area contributed by atoms with Crippen LogP contribution in [0.5, 0.6) is 0 Å². The van der Waals surface area contributed by atoms with Gasteiger partial charge >= 0.3 is 0 Å². The van der Waals surface area contributed by atoms with Crippen LogP contribution in [0.15, 0.2) is 10.2 Å². The van der Waals surface area contributed by atoms with Gasteiger partial charge < -0.3 is 11.5 Å². The first-order valence-electron chi connectivity index (χ1n) is 4.34. The second kappa shape index (κ2) is 5.56. The van der Waals surface area contributed by atoms with Gasteiger partial charge in [-0.2, -0.15) is 10.2 Å². The molecule has 6 N–H and O–H groups in total. The Hall–Kier alpha value is -1.28. The number of hydrogen-bond donors (Lipinski definition) is 4. The van der Waals surface area contributed by atoms with Crippen LogP contribution < -0.4 is 22.3 Å². The molecule has 0 bridgehead atoms. The van der Waals surface area contributed by atoms with Gasteiger partial charge in [0.25, 0.3) is 0 Å². The molecule has 0 unspecified atom stereocenters. The van der Waals surface area contributed by atoms with Crippen molar-refractivity contribution in [3.63, 3.8) is 0 Å². The van der Waals surface area contributed by atoms with Crippen molar-refractivity contribution in [2.45, 2.75) is 19.3 Å². The molecular weight excluding hydrogens is 232 g/mol. The zero-order chi connectivity index (χ0) is 11.3. The van der Waals surface area contributed by atoms with Crippen LogP contribution in [0.1, 0.15) is 19.3 Å². The second-order valence-electron chi connectivity index (χ2n) is 2.92. The molecule has 0 heterocycles. The second-order valence-corrected chi connectivity index (χ2v) is 3.80. The van der Waals surface area contributed by atoms with Crippen molar-refractivity contribution in [1.29, 1.82) is 0 Å². The van der Waals surface area contributed by atoms with E-state index in [0.29, 0.717) is 0 Å². The van der Waals surface area contributed by atoms with Gasteiger partial charge in [-0.05, 0) is 43.7 Å². The molecule has 1 rings (SSSR count). The van der Waals surface area contributed by atoms with Crippen LogP contribution in [0.25, 0.3) is 0 Å². The van der Waals surface area contributed by atoms with Crippen LogP contribution in [0.3, 0.4) is 0 Å². The Bertz CT molecular complexity index is 302. The molecular formula is C7H12N6S2. The van der Waals surface area contributed by atoms with Crippen LogP contribution in [0, 0.1) is 0 Å². The van der Waals surface area contributed by atoms with Gasteiger partial charge in [-0.3, -0.25) is 10.9 Å². The molecule has 1 aliphatic rings. The Morgan fingerprint density at radius 1 is 1.00 bits per heavy atom. The number of nitrogens with two attached hydrogens (primary N) is 2. The van der Waals surface area contributed by atoms with Crippen LogP contribution in [-0.2, 0) is 0 Å². The summed E-state index contributed by atoms with van der Waals surface area (Å²) in [6.07, 6.45) is 2.68. The van der Waals surface area contributed by atoms with E-state index < -0.39 is 0 Å². The number of rotatable bonds is 2. The molecule has 0 radical (unpaired) electrons. The van der Waals surface area contributed by atoms with Crippen molar-refractivity contribution in [2.24, 2.45) is 21.7 Å². The fraction of sp³-hybridized carbons (Fsp3) is 0.429. The molecule has 1 fully saturated rings. The van der Waals surface area contributed by atoms with Crippen LogP contribution in [0.4, 0.5) is 0 Å². The predicted molar refractivity (Wildman–Crippen MR) is 68.6 cm³/mol. The van der Waals surface area contributed by atoms with Gasteiger partial charge in [0.15, 0.2) is 10.2 Å². The average Bonchev–Trinajstić information content (AvgIpc) is 2.58. The zero-order valence-corrected chi connectivity index (χ0v) is 9.62. The van der Waals surface area contributed by atoms with Crippen molar-refractivity contribution < 1.29 is 0 Å². The number of thiocarbonyl (C=S) groups is 2. The van der Waals surface area contributed by atoms with Crippen molar-refractivity contribution in [2.75, 3.05) is 0 Å². The molecule has 6 nitrogen and oxygen atoms in total. The molecule has 1 saturated carbocycles. The van der Waals surface area contributed by atoms with Crippen molar-refractivity contribution >= 4 is 46.1 Å². The Balaban J connectivity index is 2.64. The molecule has 0 amide bonds. The van der Waals surface area contributed by atoms with Gasteiger partial charge in [0.05, 0.1) is 11.4 Å². The summed E-state index contributed by atoms with van der Waals surface area (Å²) in [5.41, 5.74) is 17.2. The first kappa shape index (κ1) is 11.8. The van der Waals surface area contributed by atoms with E-state index in [1.807, 2.05) is 0 Å². The highest BCUT2D eigenvalue weighted by atomic mass is 32.1. The molecule has 82 valence electrons. The highest BCUT2D eigenvalue weighted by Gasteiger charge is 2.17. The van der Waals surface area contributed by atoms with E-state index >= 15 is 0 Å². The molecule has 0 atom stereocenters. The lowest BCUT2D eigenvalue weighted by Gasteiger charge is -2.01. The monoisotopic (exact) mass is 244 g/mol. The van der Waals surface area contributed by atoms with Gasteiger partial charge in [0.1, 0.15) is 0 Å². The Kier molecular flexibility index (Phi) is 4.37. The van der Waals surface area contributed by atoms with Gasteiger partial charge in [-0.15, -0.1) is 0 Å². The van der Waals surface area contributed by atoms with E-state index in [9.17, 15) is 0 Å². The highest BCUT2D eigenvalue weighted by Crippen LogP contribution is 2.12. The third-order valence-corrected chi connectivity index (χ3v) is 1.94. The normalized spacial score (nSPS) is 20.5. The molecule has 0 saturated heterocycles. The van der Waals surface area contributed by atoms with Gasteiger partial charge in [0.2, 0.25) is 0 Å². The number of hydrazone groups is 2. The molecule has 0 aliphatic heterocycles. The van der Waals surface area contributed by atoms with Gasteiger partial charge in [0, 0.05) is 0 Å². The molecule has 0 aromatic rings. The van der Waals surface area contributed by atoms with E-state index in [-0.39, 0.29) is 10.2 Å². The SMILES string of the molecule is NC(=S)N/N=C1\CCC\C1=N/NC(N)=S. The summed E-state index contributed by atoms with van der Waals surface area (Å²) >= 11 is 9.28. The Morgan fingerprint density at radius 3 is 1.73 bits per heavy atom. The maximum atomic E-state index is 5.26. The quantitative estimate of drug-likeness (QED) is 0.388. The van der Waals surface area contributed by atoms with Crippen molar-refractivity contribution in [3.8, 4) is 0 Å². The van der Waals surface area contributed by atoms with E-state index in [4.69, 9.17) is 11.5 Å². The van der Waals surface area contributed by atoms with Crippen LogP contribution in [0.2, 0.25) is 0 Å². The number of nitrogens with zero attached hydrogens (tertiary/aromatic N) is 2.